The van der Waals surface area contributed by atoms with Crippen LogP contribution in [0.2, 0.25) is 5.02 Å². The number of pyridine rings is 1. The van der Waals surface area contributed by atoms with E-state index in [1.807, 2.05) is 31.2 Å². The molecule has 0 saturated carbocycles. The summed E-state index contributed by atoms with van der Waals surface area (Å²) in [5.74, 6) is 0.713. The zero-order valence-electron chi connectivity index (χ0n) is 11.7. The molecule has 0 saturated heterocycles. The standard InChI is InChI=1S/C16H14ClN3O/c1-10-15(11-3-5-18-6-4-11)16(20-19-10)12-7-13(17)9-14(8-12)21-2/h3-9H,1-2H3,(H,19,20). The minimum atomic E-state index is 0.622. The van der Waals surface area contributed by atoms with Gasteiger partial charge < -0.3 is 4.74 Å². The fraction of sp³-hybridized carbons (Fsp3) is 0.125. The number of hydrogen-bond acceptors (Lipinski definition) is 3. The molecular weight excluding hydrogens is 286 g/mol. The Kier molecular flexibility index (Phi) is 3.62. The molecule has 2 heterocycles. The van der Waals surface area contributed by atoms with Crippen LogP contribution in [-0.4, -0.2) is 22.3 Å². The third kappa shape index (κ3) is 2.62. The van der Waals surface area contributed by atoms with Crippen LogP contribution in [-0.2, 0) is 0 Å². The van der Waals surface area contributed by atoms with Crippen LogP contribution in [0.1, 0.15) is 5.69 Å². The molecule has 3 aromatic rings. The Morgan fingerprint density at radius 3 is 2.57 bits per heavy atom. The van der Waals surface area contributed by atoms with E-state index >= 15 is 0 Å². The number of aromatic amines is 1. The van der Waals surface area contributed by atoms with E-state index in [-0.39, 0.29) is 0 Å². The summed E-state index contributed by atoms with van der Waals surface area (Å²) in [5.41, 5.74) is 4.88. The van der Waals surface area contributed by atoms with Crippen molar-refractivity contribution in [3.63, 3.8) is 0 Å². The van der Waals surface area contributed by atoms with Crippen molar-refractivity contribution in [3.8, 4) is 28.1 Å². The molecular formula is C16H14ClN3O. The van der Waals surface area contributed by atoms with Crippen molar-refractivity contribution < 1.29 is 4.74 Å². The summed E-state index contributed by atoms with van der Waals surface area (Å²) in [6, 6.07) is 9.53. The molecule has 0 unspecified atom stereocenters. The highest BCUT2D eigenvalue weighted by molar-refractivity contribution is 6.31. The predicted molar refractivity (Wildman–Crippen MR) is 83.6 cm³/mol. The second-order valence-electron chi connectivity index (χ2n) is 4.67. The van der Waals surface area contributed by atoms with Crippen LogP contribution in [0.5, 0.6) is 5.75 Å². The van der Waals surface area contributed by atoms with E-state index in [4.69, 9.17) is 16.3 Å². The first kappa shape index (κ1) is 13.6. The third-order valence-electron chi connectivity index (χ3n) is 3.31. The maximum atomic E-state index is 6.16. The molecule has 106 valence electrons. The van der Waals surface area contributed by atoms with E-state index in [1.165, 1.54) is 0 Å². The fourth-order valence-corrected chi connectivity index (χ4v) is 2.56. The average molecular weight is 300 g/mol. The van der Waals surface area contributed by atoms with Gasteiger partial charge in [-0.3, -0.25) is 10.1 Å². The van der Waals surface area contributed by atoms with Gasteiger partial charge in [0.1, 0.15) is 5.75 Å². The number of hydrogen-bond donors (Lipinski definition) is 1. The predicted octanol–water partition coefficient (Wildman–Crippen LogP) is 4.11. The zero-order chi connectivity index (χ0) is 14.8. The zero-order valence-corrected chi connectivity index (χ0v) is 12.5. The first-order chi connectivity index (χ1) is 10.2. The van der Waals surface area contributed by atoms with Gasteiger partial charge in [-0.25, -0.2) is 0 Å². The number of aromatic nitrogens is 3. The van der Waals surface area contributed by atoms with Crippen LogP contribution in [0.25, 0.3) is 22.4 Å². The number of rotatable bonds is 3. The van der Waals surface area contributed by atoms with Crippen LogP contribution in [0.15, 0.2) is 42.7 Å². The summed E-state index contributed by atoms with van der Waals surface area (Å²) in [4.78, 5) is 4.06. The summed E-state index contributed by atoms with van der Waals surface area (Å²) >= 11 is 6.16. The van der Waals surface area contributed by atoms with Gasteiger partial charge in [-0.15, -0.1) is 0 Å². The number of ether oxygens (including phenoxy) is 1. The average Bonchev–Trinajstić information content (AvgIpc) is 2.89. The minimum absolute atomic E-state index is 0.622. The molecule has 0 spiro atoms. The highest BCUT2D eigenvalue weighted by Gasteiger charge is 2.15. The molecule has 0 aliphatic heterocycles. The van der Waals surface area contributed by atoms with Crippen LogP contribution >= 0.6 is 11.6 Å². The SMILES string of the molecule is COc1cc(Cl)cc(-c2[nH]nc(C)c2-c2ccncc2)c1. The van der Waals surface area contributed by atoms with Gasteiger partial charge in [0, 0.05) is 28.5 Å². The molecule has 21 heavy (non-hydrogen) atoms. The van der Waals surface area contributed by atoms with Crippen molar-refractivity contribution >= 4 is 11.6 Å². The summed E-state index contributed by atoms with van der Waals surface area (Å²) in [6.45, 7) is 1.97. The lowest BCUT2D eigenvalue weighted by Crippen LogP contribution is -1.88. The normalized spacial score (nSPS) is 10.6. The third-order valence-corrected chi connectivity index (χ3v) is 3.53. The molecule has 3 rings (SSSR count). The molecule has 0 amide bonds. The molecule has 0 atom stereocenters. The van der Waals surface area contributed by atoms with Gasteiger partial charge >= 0.3 is 0 Å². The molecule has 1 aromatic carbocycles. The topological polar surface area (TPSA) is 50.8 Å². The quantitative estimate of drug-likeness (QED) is 0.792. The van der Waals surface area contributed by atoms with Crippen LogP contribution in [0.3, 0.4) is 0 Å². The van der Waals surface area contributed by atoms with Gasteiger partial charge in [0.2, 0.25) is 0 Å². The van der Waals surface area contributed by atoms with Crippen LogP contribution in [0.4, 0.5) is 0 Å². The van der Waals surface area contributed by atoms with Crippen molar-refractivity contribution in [3.05, 3.63) is 53.4 Å². The molecule has 0 radical (unpaired) electrons. The van der Waals surface area contributed by atoms with Gasteiger partial charge in [-0.1, -0.05) is 11.6 Å². The van der Waals surface area contributed by atoms with Crippen molar-refractivity contribution in [1.82, 2.24) is 15.2 Å². The van der Waals surface area contributed by atoms with E-state index in [2.05, 4.69) is 15.2 Å². The lowest BCUT2D eigenvalue weighted by molar-refractivity contribution is 0.415. The largest absolute Gasteiger partial charge is 0.497 e. The maximum absolute atomic E-state index is 6.16. The van der Waals surface area contributed by atoms with E-state index in [1.54, 1.807) is 25.6 Å². The number of H-pyrrole nitrogens is 1. The Morgan fingerprint density at radius 1 is 1.10 bits per heavy atom. The Morgan fingerprint density at radius 2 is 1.86 bits per heavy atom. The number of halogens is 1. The summed E-state index contributed by atoms with van der Waals surface area (Å²) in [6.07, 6.45) is 3.54. The molecule has 0 fully saturated rings. The number of nitrogens with one attached hydrogen (secondary N) is 1. The van der Waals surface area contributed by atoms with E-state index in [0.29, 0.717) is 10.8 Å². The second-order valence-corrected chi connectivity index (χ2v) is 5.11. The smallest absolute Gasteiger partial charge is 0.121 e. The van der Waals surface area contributed by atoms with Crippen molar-refractivity contribution in [1.29, 1.82) is 0 Å². The first-order valence-electron chi connectivity index (χ1n) is 6.49. The number of aryl methyl sites for hydroxylation is 1. The lowest BCUT2D eigenvalue weighted by atomic mass is 10.00. The van der Waals surface area contributed by atoms with E-state index < -0.39 is 0 Å². The summed E-state index contributed by atoms with van der Waals surface area (Å²) < 4.78 is 5.28. The van der Waals surface area contributed by atoms with Crippen molar-refractivity contribution in [2.24, 2.45) is 0 Å². The van der Waals surface area contributed by atoms with E-state index in [0.717, 1.165) is 28.1 Å². The fourth-order valence-electron chi connectivity index (χ4n) is 2.34. The molecule has 4 nitrogen and oxygen atoms in total. The highest BCUT2D eigenvalue weighted by atomic mass is 35.5. The van der Waals surface area contributed by atoms with Gasteiger partial charge in [-0.2, -0.15) is 5.10 Å². The monoisotopic (exact) mass is 299 g/mol. The van der Waals surface area contributed by atoms with Crippen molar-refractivity contribution in [2.45, 2.75) is 6.92 Å². The van der Waals surface area contributed by atoms with Gasteiger partial charge in [0.25, 0.3) is 0 Å². The molecule has 1 N–H and O–H groups in total. The summed E-state index contributed by atoms with van der Waals surface area (Å²) in [5, 5.41) is 8.03. The molecule has 2 aromatic heterocycles. The van der Waals surface area contributed by atoms with Crippen LogP contribution in [0, 0.1) is 6.92 Å². The van der Waals surface area contributed by atoms with E-state index in [9.17, 15) is 0 Å². The van der Waals surface area contributed by atoms with Gasteiger partial charge in [-0.05, 0) is 42.8 Å². The Labute approximate surface area is 127 Å². The second kappa shape index (κ2) is 5.58. The number of methoxy groups -OCH3 is 1. The lowest BCUT2D eigenvalue weighted by Gasteiger charge is -2.07. The molecule has 0 bridgehead atoms. The molecule has 0 aliphatic rings. The first-order valence-corrected chi connectivity index (χ1v) is 6.87. The number of benzene rings is 1. The Balaban J connectivity index is 2.19. The highest BCUT2D eigenvalue weighted by Crippen LogP contribution is 2.35. The number of nitrogens with zero attached hydrogens (tertiary/aromatic N) is 2. The van der Waals surface area contributed by atoms with Gasteiger partial charge in [0.15, 0.2) is 0 Å². The Bertz CT molecular complexity index is 768. The minimum Gasteiger partial charge on any atom is -0.497 e. The Hall–Kier alpha value is -2.33. The maximum Gasteiger partial charge on any atom is 0.121 e. The van der Waals surface area contributed by atoms with Gasteiger partial charge in [0.05, 0.1) is 18.5 Å². The molecule has 5 heteroatoms. The van der Waals surface area contributed by atoms with Crippen LogP contribution < -0.4 is 4.74 Å². The van der Waals surface area contributed by atoms with Crippen molar-refractivity contribution in [2.75, 3.05) is 7.11 Å². The summed E-state index contributed by atoms with van der Waals surface area (Å²) in [7, 11) is 1.62. The molecule has 0 aliphatic carbocycles.